The topological polar surface area (TPSA) is 44.1 Å². The Kier molecular flexibility index (Phi) is 7.44. The third-order valence-electron chi connectivity index (χ3n) is 4.82. The van der Waals surface area contributed by atoms with Crippen molar-refractivity contribution < 1.29 is 9.53 Å². The molecule has 164 valence electrons. The summed E-state index contributed by atoms with van der Waals surface area (Å²) in [6.45, 7) is 0.358. The highest BCUT2D eigenvalue weighted by atomic mass is 35.5. The quantitative estimate of drug-likeness (QED) is 0.232. The molecule has 0 saturated heterocycles. The van der Waals surface area contributed by atoms with Crippen molar-refractivity contribution >= 4 is 63.7 Å². The summed E-state index contributed by atoms with van der Waals surface area (Å²) < 4.78 is 7.77. The van der Waals surface area contributed by atoms with E-state index in [4.69, 9.17) is 51.1 Å². The summed E-state index contributed by atoms with van der Waals surface area (Å²) >= 11 is 26.1. The van der Waals surface area contributed by atoms with E-state index in [2.05, 4.69) is 4.98 Å². The number of hydrogen-bond donors (Lipinski definition) is 0. The Balaban J connectivity index is 1.59. The first-order valence-electron chi connectivity index (χ1n) is 9.52. The number of aromatic nitrogens is 2. The van der Waals surface area contributed by atoms with E-state index in [0.717, 1.165) is 11.1 Å². The van der Waals surface area contributed by atoms with E-state index in [1.807, 2.05) is 22.1 Å². The normalized spacial score (nSPS) is 12.0. The molecule has 0 aliphatic rings. The predicted molar refractivity (Wildman–Crippen MR) is 130 cm³/mol. The molecule has 0 aliphatic heterocycles. The van der Waals surface area contributed by atoms with Crippen LogP contribution in [0.25, 0.3) is 0 Å². The maximum Gasteiger partial charge on any atom is 0.349 e. The Morgan fingerprint density at radius 3 is 2.44 bits per heavy atom. The first-order valence-corrected chi connectivity index (χ1v) is 11.9. The summed E-state index contributed by atoms with van der Waals surface area (Å²) in [6.07, 6.45) is 4.97. The number of esters is 1. The molecule has 2 aromatic carbocycles. The van der Waals surface area contributed by atoms with Gasteiger partial charge >= 0.3 is 5.97 Å². The Morgan fingerprint density at radius 1 is 1.00 bits per heavy atom. The average Bonchev–Trinajstić information content (AvgIpc) is 3.41. The van der Waals surface area contributed by atoms with Gasteiger partial charge in [-0.15, -0.1) is 11.3 Å². The average molecular weight is 526 g/mol. The molecule has 0 N–H and O–H groups in total. The van der Waals surface area contributed by atoms with Crippen molar-refractivity contribution in [3.8, 4) is 0 Å². The van der Waals surface area contributed by atoms with Crippen LogP contribution in [0.1, 0.15) is 32.5 Å². The second kappa shape index (κ2) is 10.3. The van der Waals surface area contributed by atoms with Gasteiger partial charge < -0.3 is 9.30 Å². The molecule has 0 aliphatic carbocycles. The minimum absolute atomic E-state index is 0.358. The van der Waals surface area contributed by atoms with E-state index < -0.39 is 12.1 Å². The molecule has 2 aromatic heterocycles. The van der Waals surface area contributed by atoms with Crippen LogP contribution in [0.2, 0.25) is 20.1 Å². The van der Waals surface area contributed by atoms with Gasteiger partial charge in [0.05, 0.1) is 12.9 Å². The zero-order chi connectivity index (χ0) is 22.7. The van der Waals surface area contributed by atoms with Crippen LogP contribution >= 0.6 is 57.7 Å². The van der Waals surface area contributed by atoms with Crippen LogP contribution in [-0.4, -0.2) is 15.5 Å². The number of halogens is 4. The standard InChI is InChI=1S/C23H16Cl4N2O2S/c24-16-2-1-14(19(26)10-16)9-15-5-8-32-22(15)23(30)31-21(12-29-7-6-28-13-29)18-4-3-17(25)11-20(18)27/h1-8,10-11,13,21H,9,12H2. The van der Waals surface area contributed by atoms with Gasteiger partial charge in [0, 0.05) is 44.5 Å². The lowest BCUT2D eigenvalue weighted by atomic mass is 10.1. The van der Waals surface area contributed by atoms with Crippen LogP contribution in [-0.2, 0) is 17.7 Å². The third kappa shape index (κ3) is 5.48. The van der Waals surface area contributed by atoms with Crippen LogP contribution in [0.5, 0.6) is 0 Å². The Morgan fingerprint density at radius 2 is 1.75 bits per heavy atom. The minimum Gasteiger partial charge on any atom is -0.451 e. The summed E-state index contributed by atoms with van der Waals surface area (Å²) in [6, 6.07) is 12.3. The molecule has 1 atom stereocenters. The zero-order valence-electron chi connectivity index (χ0n) is 16.5. The molecule has 32 heavy (non-hydrogen) atoms. The summed E-state index contributed by atoms with van der Waals surface area (Å²) in [5.41, 5.74) is 2.36. The van der Waals surface area contributed by atoms with Gasteiger partial charge in [-0.1, -0.05) is 58.5 Å². The van der Waals surface area contributed by atoms with E-state index in [1.54, 1.807) is 49.1 Å². The lowest BCUT2D eigenvalue weighted by molar-refractivity contribution is 0.0260. The fourth-order valence-electron chi connectivity index (χ4n) is 3.25. The van der Waals surface area contributed by atoms with Crippen molar-refractivity contribution in [2.45, 2.75) is 19.1 Å². The molecular weight excluding hydrogens is 510 g/mol. The van der Waals surface area contributed by atoms with Crippen molar-refractivity contribution in [1.29, 1.82) is 0 Å². The van der Waals surface area contributed by atoms with Gasteiger partial charge in [0.25, 0.3) is 0 Å². The highest BCUT2D eigenvalue weighted by molar-refractivity contribution is 7.12. The second-order valence-corrected chi connectivity index (χ2v) is 9.61. The highest BCUT2D eigenvalue weighted by Gasteiger charge is 2.24. The number of carbonyl (C=O) groups excluding carboxylic acids is 1. The van der Waals surface area contributed by atoms with E-state index in [1.165, 1.54) is 11.3 Å². The van der Waals surface area contributed by atoms with Crippen LogP contribution in [0.15, 0.2) is 66.6 Å². The number of imidazole rings is 1. The molecule has 0 fully saturated rings. The molecule has 0 spiro atoms. The molecule has 9 heteroatoms. The number of benzene rings is 2. The van der Waals surface area contributed by atoms with Gasteiger partial charge in [0.2, 0.25) is 0 Å². The Bertz CT molecular complexity index is 1240. The third-order valence-corrected chi connectivity index (χ3v) is 6.91. The molecule has 0 amide bonds. The van der Waals surface area contributed by atoms with Gasteiger partial charge in [-0.25, -0.2) is 9.78 Å². The lowest BCUT2D eigenvalue weighted by Gasteiger charge is -2.20. The highest BCUT2D eigenvalue weighted by Crippen LogP contribution is 2.32. The number of nitrogens with zero attached hydrogens (tertiary/aromatic N) is 2. The van der Waals surface area contributed by atoms with E-state index >= 15 is 0 Å². The number of hydrogen-bond acceptors (Lipinski definition) is 4. The molecule has 0 bridgehead atoms. The van der Waals surface area contributed by atoms with E-state index in [9.17, 15) is 4.79 Å². The molecule has 0 radical (unpaired) electrons. The van der Waals surface area contributed by atoms with Crippen molar-refractivity contribution in [3.05, 3.63) is 108 Å². The first kappa shape index (κ1) is 23.1. The van der Waals surface area contributed by atoms with Gasteiger partial charge in [-0.3, -0.25) is 0 Å². The number of ether oxygens (including phenoxy) is 1. The van der Waals surface area contributed by atoms with Crippen LogP contribution in [0, 0.1) is 0 Å². The first-order chi connectivity index (χ1) is 15.4. The predicted octanol–water partition coefficient (Wildman–Crippen LogP) is 7.75. The zero-order valence-corrected chi connectivity index (χ0v) is 20.3. The van der Waals surface area contributed by atoms with Gasteiger partial charge in [-0.05, 0) is 46.8 Å². The van der Waals surface area contributed by atoms with E-state index in [0.29, 0.717) is 43.5 Å². The van der Waals surface area contributed by atoms with Crippen molar-refractivity contribution in [2.75, 3.05) is 0 Å². The fraction of sp³-hybridized carbons (Fsp3) is 0.130. The number of carbonyl (C=O) groups is 1. The lowest BCUT2D eigenvalue weighted by Crippen LogP contribution is -2.17. The second-order valence-electron chi connectivity index (χ2n) is 7.01. The van der Waals surface area contributed by atoms with Crippen molar-refractivity contribution in [2.24, 2.45) is 0 Å². The van der Waals surface area contributed by atoms with Crippen LogP contribution in [0.4, 0.5) is 0 Å². The molecule has 4 rings (SSSR count). The minimum atomic E-state index is -0.629. The summed E-state index contributed by atoms with van der Waals surface area (Å²) in [7, 11) is 0. The monoisotopic (exact) mass is 524 g/mol. The number of rotatable bonds is 7. The van der Waals surface area contributed by atoms with Gasteiger partial charge in [-0.2, -0.15) is 0 Å². The summed E-state index contributed by atoms with van der Waals surface area (Å²) in [5, 5.41) is 3.90. The summed E-state index contributed by atoms with van der Waals surface area (Å²) in [4.78, 5) is 17.8. The fourth-order valence-corrected chi connectivity index (χ4v) is 5.06. The maximum atomic E-state index is 13.2. The molecule has 4 nitrogen and oxygen atoms in total. The van der Waals surface area contributed by atoms with Crippen LogP contribution < -0.4 is 0 Å². The molecule has 0 saturated carbocycles. The maximum absolute atomic E-state index is 13.2. The number of thiophene rings is 1. The Labute approximate surface area is 209 Å². The summed E-state index contributed by atoms with van der Waals surface area (Å²) in [5.74, 6) is -0.434. The van der Waals surface area contributed by atoms with Crippen LogP contribution in [0.3, 0.4) is 0 Å². The smallest absolute Gasteiger partial charge is 0.349 e. The largest absolute Gasteiger partial charge is 0.451 e. The Hall–Kier alpha value is -2.02. The van der Waals surface area contributed by atoms with Crippen molar-refractivity contribution in [3.63, 3.8) is 0 Å². The van der Waals surface area contributed by atoms with E-state index in [-0.39, 0.29) is 0 Å². The SMILES string of the molecule is O=C(OC(Cn1ccnc1)c1ccc(Cl)cc1Cl)c1sccc1Cc1ccc(Cl)cc1Cl. The molecule has 2 heterocycles. The van der Waals surface area contributed by atoms with Gasteiger partial charge in [0.1, 0.15) is 11.0 Å². The van der Waals surface area contributed by atoms with Crippen molar-refractivity contribution in [1.82, 2.24) is 9.55 Å². The molecule has 1 unspecified atom stereocenters. The van der Waals surface area contributed by atoms with Gasteiger partial charge in [0.15, 0.2) is 0 Å². The molecule has 4 aromatic rings. The molecular formula is C23H16Cl4N2O2S.